The number of anilines is 1. The summed E-state index contributed by atoms with van der Waals surface area (Å²) < 4.78 is 0. The average molecular weight is 253 g/mol. The lowest BCUT2D eigenvalue weighted by Gasteiger charge is -2.06. The quantitative estimate of drug-likeness (QED) is 0.867. The largest absolute Gasteiger partial charge is 0.325 e. The number of hydrogen-bond acceptors (Lipinski definition) is 3. The highest BCUT2D eigenvalue weighted by Gasteiger charge is 2.06. The monoisotopic (exact) mass is 253 g/mol. The van der Waals surface area contributed by atoms with E-state index >= 15 is 0 Å². The van der Waals surface area contributed by atoms with E-state index in [2.05, 4.69) is 29.5 Å². The molecule has 0 aliphatic heterocycles. The van der Waals surface area contributed by atoms with E-state index in [0.717, 1.165) is 16.1 Å². The summed E-state index contributed by atoms with van der Waals surface area (Å²) in [4.78, 5) is 16.9. The topological polar surface area (TPSA) is 54.0 Å². The second kappa shape index (κ2) is 5.82. The smallest absolute Gasteiger partial charge is 0.314 e. The number of nitrogens with zero attached hydrogens (tertiary/aromatic N) is 1. The van der Waals surface area contributed by atoms with E-state index in [1.807, 2.05) is 20.8 Å². The maximum absolute atomic E-state index is 11.6. The number of aromatic nitrogens is 1. The zero-order chi connectivity index (χ0) is 13.0. The molecule has 1 rings (SSSR count). The Kier molecular flexibility index (Phi) is 4.69. The van der Waals surface area contributed by atoms with E-state index in [4.69, 9.17) is 0 Å². The first kappa shape index (κ1) is 13.7. The van der Waals surface area contributed by atoms with Gasteiger partial charge in [0.25, 0.3) is 0 Å². The lowest BCUT2D eigenvalue weighted by molar-refractivity contribution is 0.255. The Morgan fingerprint density at radius 1 is 1.41 bits per heavy atom. The molecule has 0 aliphatic rings. The third-order valence-electron chi connectivity index (χ3n) is 2.59. The number of allylic oxidation sites excluding steroid dienone is 1. The van der Waals surface area contributed by atoms with Crippen LogP contribution in [0, 0.1) is 19.8 Å². The van der Waals surface area contributed by atoms with Crippen molar-refractivity contribution in [3.63, 3.8) is 0 Å². The van der Waals surface area contributed by atoms with E-state index in [1.165, 1.54) is 11.3 Å². The van der Waals surface area contributed by atoms with Gasteiger partial charge in [-0.3, -0.25) is 5.32 Å². The van der Waals surface area contributed by atoms with Gasteiger partial charge in [0.2, 0.25) is 0 Å². The first-order valence-electron chi connectivity index (χ1n) is 5.58. The summed E-state index contributed by atoms with van der Waals surface area (Å²) in [6.45, 7) is 10.1. The molecule has 17 heavy (non-hydrogen) atoms. The number of nitrogens with one attached hydrogen (secondary N) is 2. The van der Waals surface area contributed by atoms with Crippen molar-refractivity contribution in [3.05, 3.63) is 22.3 Å². The molecule has 0 spiro atoms. The molecule has 0 saturated carbocycles. The van der Waals surface area contributed by atoms with Gasteiger partial charge in [-0.15, -0.1) is 11.3 Å². The molecular formula is C12H19N3OS. The SMILES string of the molecule is C/C(=C\NC(=O)Nc1nc(C)c(C)s1)C(C)C. The Balaban J connectivity index is 2.53. The molecule has 94 valence electrons. The molecule has 0 radical (unpaired) electrons. The van der Waals surface area contributed by atoms with Gasteiger partial charge in [0.05, 0.1) is 5.69 Å². The molecule has 0 atom stereocenters. The minimum absolute atomic E-state index is 0.251. The Hall–Kier alpha value is -1.36. The van der Waals surface area contributed by atoms with Crippen LogP contribution in [0.5, 0.6) is 0 Å². The fourth-order valence-electron chi connectivity index (χ4n) is 1.01. The van der Waals surface area contributed by atoms with Crippen LogP contribution in [0.15, 0.2) is 11.8 Å². The minimum atomic E-state index is -0.251. The Morgan fingerprint density at radius 3 is 2.53 bits per heavy atom. The zero-order valence-corrected chi connectivity index (χ0v) is 11.7. The van der Waals surface area contributed by atoms with Gasteiger partial charge >= 0.3 is 6.03 Å². The molecule has 0 saturated heterocycles. The van der Waals surface area contributed by atoms with Crippen molar-refractivity contribution >= 4 is 22.5 Å². The summed E-state index contributed by atoms with van der Waals surface area (Å²) in [5.74, 6) is 0.430. The van der Waals surface area contributed by atoms with Gasteiger partial charge in [-0.05, 0) is 26.7 Å². The van der Waals surface area contributed by atoms with E-state index in [0.29, 0.717) is 11.0 Å². The van der Waals surface area contributed by atoms with Crippen molar-refractivity contribution in [3.8, 4) is 0 Å². The zero-order valence-electron chi connectivity index (χ0n) is 10.9. The molecule has 2 N–H and O–H groups in total. The van der Waals surface area contributed by atoms with E-state index in [1.54, 1.807) is 6.20 Å². The van der Waals surface area contributed by atoms with Crippen LogP contribution in [0.25, 0.3) is 0 Å². The maximum Gasteiger partial charge on any atom is 0.325 e. The van der Waals surface area contributed by atoms with Crippen LogP contribution in [0.2, 0.25) is 0 Å². The van der Waals surface area contributed by atoms with Gasteiger partial charge < -0.3 is 5.32 Å². The molecule has 0 aliphatic carbocycles. The van der Waals surface area contributed by atoms with Crippen molar-refractivity contribution < 1.29 is 4.79 Å². The second-order valence-electron chi connectivity index (χ2n) is 4.30. The highest BCUT2D eigenvalue weighted by Crippen LogP contribution is 2.20. The highest BCUT2D eigenvalue weighted by molar-refractivity contribution is 7.15. The molecule has 0 aromatic carbocycles. The van der Waals surface area contributed by atoms with Crippen molar-refractivity contribution in [2.75, 3.05) is 5.32 Å². The van der Waals surface area contributed by atoms with Crippen molar-refractivity contribution in [1.82, 2.24) is 10.3 Å². The van der Waals surface area contributed by atoms with E-state index < -0.39 is 0 Å². The Bertz CT molecular complexity index is 415. The van der Waals surface area contributed by atoms with Crippen LogP contribution in [-0.4, -0.2) is 11.0 Å². The number of thiazole rings is 1. The number of hydrogen-bond donors (Lipinski definition) is 2. The highest BCUT2D eigenvalue weighted by atomic mass is 32.1. The van der Waals surface area contributed by atoms with Crippen molar-refractivity contribution in [2.45, 2.75) is 34.6 Å². The molecule has 1 aromatic heterocycles. The van der Waals surface area contributed by atoms with Gasteiger partial charge in [-0.25, -0.2) is 9.78 Å². The first-order chi connectivity index (χ1) is 7.90. The molecule has 4 nitrogen and oxygen atoms in total. The second-order valence-corrected chi connectivity index (χ2v) is 5.51. The molecule has 1 heterocycles. The number of carbonyl (C=O) groups is 1. The van der Waals surface area contributed by atoms with E-state index in [9.17, 15) is 4.79 Å². The van der Waals surface area contributed by atoms with Crippen LogP contribution < -0.4 is 10.6 Å². The number of urea groups is 1. The van der Waals surface area contributed by atoms with Crippen LogP contribution in [0.3, 0.4) is 0 Å². The number of rotatable bonds is 3. The average Bonchev–Trinajstić information content (AvgIpc) is 2.54. The lowest BCUT2D eigenvalue weighted by atomic mass is 10.1. The molecule has 1 aromatic rings. The van der Waals surface area contributed by atoms with Crippen LogP contribution in [0.1, 0.15) is 31.3 Å². The van der Waals surface area contributed by atoms with Gasteiger partial charge in [0.15, 0.2) is 5.13 Å². The number of amides is 2. The summed E-state index contributed by atoms with van der Waals surface area (Å²) in [5.41, 5.74) is 2.09. The standard InChI is InChI=1S/C12H19N3OS/c1-7(2)8(3)6-13-11(16)15-12-14-9(4)10(5)17-12/h6-7H,1-5H3,(H2,13,14,15,16)/b8-6+. The molecule has 0 fully saturated rings. The van der Waals surface area contributed by atoms with E-state index in [-0.39, 0.29) is 6.03 Å². The third-order valence-corrected chi connectivity index (χ3v) is 3.58. The van der Waals surface area contributed by atoms with Crippen LogP contribution in [-0.2, 0) is 0 Å². The van der Waals surface area contributed by atoms with Crippen LogP contribution in [0.4, 0.5) is 9.93 Å². The van der Waals surface area contributed by atoms with Crippen molar-refractivity contribution in [1.29, 1.82) is 0 Å². The molecule has 0 bridgehead atoms. The fraction of sp³-hybridized carbons (Fsp3) is 0.500. The molecule has 5 heteroatoms. The normalized spacial score (nSPS) is 11.8. The lowest BCUT2D eigenvalue weighted by Crippen LogP contribution is -2.24. The predicted octanol–water partition coefficient (Wildman–Crippen LogP) is 3.44. The summed E-state index contributed by atoms with van der Waals surface area (Å²) in [6.07, 6.45) is 1.73. The third kappa shape index (κ3) is 4.19. The summed E-state index contributed by atoms with van der Waals surface area (Å²) >= 11 is 1.48. The van der Waals surface area contributed by atoms with Gasteiger partial charge in [-0.2, -0.15) is 0 Å². The van der Waals surface area contributed by atoms with Gasteiger partial charge in [0.1, 0.15) is 0 Å². The summed E-state index contributed by atoms with van der Waals surface area (Å²) in [5, 5.41) is 6.04. The molecule has 0 unspecified atom stereocenters. The van der Waals surface area contributed by atoms with Crippen molar-refractivity contribution in [2.24, 2.45) is 5.92 Å². The number of aryl methyl sites for hydroxylation is 2. The molecular weight excluding hydrogens is 234 g/mol. The van der Waals surface area contributed by atoms with Gasteiger partial charge in [-0.1, -0.05) is 19.4 Å². The first-order valence-corrected chi connectivity index (χ1v) is 6.40. The Morgan fingerprint density at radius 2 is 2.06 bits per heavy atom. The maximum atomic E-state index is 11.6. The summed E-state index contributed by atoms with van der Waals surface area (Å²) in [6, 6.07) is -0.251. The Labute approximate surface area is 106 Å². The summed E-state index contributed by atoms with van der Waals surface area (Å²) in [7, 11) is 0. The fourth-order valence-corrected chi connectivity index (χ4v) is 1.82. The van der Waals surface area contributed by atoms with Crippen LogP contribution >= 0.6 is 11.3 Å². The van der Waals surface area contributed by atoms with Gasteiger partial charge in [0, 0.05) is 11.1 Å². The number of carbonyl (C=O) groups excluding carboxylic acids is 1. The minimum Gasteiger partial charge on any atom is -0.314 e. The predicted molar refractivity (Wildman–Crippen MR) is 72.3 cm³/mol. The molecule has 2 amide bonds.